The number of halogens is 2. The van der Waals surface area contributed by atoms with Gasteiger partial charge in [0.15, 0.2) is 0 Å². The van der Waals surface area contributed by atoms with E-state index in [0.29, 0.717) is 11.6 Å². The molecule has 1 aromatic heterocycles. The Morgan fingerprint density at radius 3 is 2.89 bits per heavy atom. The van der Waals surface area contributed by atoms with Crippen LogP contribution in [-0.4, -0.2) is 6.61 Å². The van der Waals surface area contributed by atoms with E-state index in [-0.39, 0.29) is 0 Å². The number of benzene rings is 1. The van der Waals surface area contributed by atoms with Crippen LogP contribution in [-0.2, 0) is 6.54 Å². The van der Waals surface area contributed by atoms with Crippen molar-refractivity contribution in [3.8, 4) is 5.75 Å². The van der Waals surface area contributed by atoms with Crippen molar-refractivity contribution >= 4 is 44.6 Å². The highest BCUT2D eigenvalue weighted by atomic mass is 79.9. The molecule has 0 atom stereocenters. The normalized spacial score (nSPS) is 10.5. The Bertz CT molecular complexity index is 544. The van der Waals surface area contributed by atoms with Crippen LogP contribution >= 0.6 is 38.9 Å². The van der Waals surface area contributed by atoms with Crippen molar-refractivity contribution < 1.29 is 4.74 Å². The van der Waals surface area contributed by atoms with Gasteiger partial charge in [0.25, 0.3) is 0 Å². The van der Waals surface area contributed by atoms with E-state index in [2.05, 4.69) is 39.6 Å². The van der Waals surface area contributed by atoms with Gasteiger partial charge < -0.3 is 10.1 Å². The van der Waals surface area contributed by atoms with Gasteiger partial charge in [0, 0.05) is 26.3 Å². The molecule has 2 nitrogen and oxygen atoms in total. The molecular weight excluding hydrogens is 346 g/mol. The fourth-order valence-electron chi connectivity index (χ4n) is 1.61. The predicted molar refractivity (Wildman–Crippen MR) is 86.6 cm³/mol. The zero-order valence-corrected chi connectivity index (χ0v) is 13.7. The molecule has 0 aliphatic heterocycles. The maximum atomic E-state index is 6.04. The predicted octanol–water partition coefficient (Wildman–Crippen LogP) is 5.56. The summed E-state index contributed by atoms with van der Waals surface area (Å²) >= 11 is 11.2. The van der Waals surface area contributed by atoms with Gasteiger partial charge in [0.2, 0.25) is 0 Å². The number of hydrogen-bond donors (Lipinski definition) is 1. The summed E-state index contributed by atoms with van der Waals surface area (Å²) < 4.78 is 6.82. The van der Waals surface area contributed by atoms with Crippen molar-refractivity contribution in [2.45, 2.75) is 19.9 Å². The fourth-order valence-corrected chi connectivity index (χ4v) is 3.17. The number of ether oxygens (including phenoxy) is 1. The van der Waals surface area contributed by atoms with Crippen molar-refractivity contribution in [1.29, 1.82) is 0 Å². The van der Waals surface area contributed by atoms with Crippen LogP contribution in [0.3, 0.4) is 0 Å². The van der Waals surface area contributed by atoms with Gasteiger partial charge in [-0.25, -0.2) is 0 Å². The molecule has 2 aromatic rings. The molecule has 0 radical (unpaired) electrons. The second kappa shape index (κ2) is 7.17. The lowest BCUT2D eigenvalue weighted by Crippen LogP contribution is -2.02. The van der Waals surface area contributed by atoms with E-state index in [1.165, 1.54) is 4.88 Å². The Hall–Kier alpha value is -0.710. The van der Waals surface area contributed by atoms with E-state index < -0.39 is 0 Å². The third kappa shape index (κ3) is 4.41. The largest absolute Gasteiger partial charge is 0.491 e. The number of hydrogen-bond acceptors (Lipinski definition) is 3. The molecule has 0 unspecified atom stereocenters. The molecule has 1 aromatic carbocycles. The average molecular weight is 361 g/mol. The van der Waals surface area contributed by atoms with Crippen molar-refractivity contribution in [2.24, 2.45) is 0 Å². The Balaban J connectivity index is 2.06. The smallest absolute Gasteiger partial charge is 0.142 e. The van der Waals surface area contributed by atoms with Gasteiger partial charge in [-0.1, -0.05) is 18.5 Å². The number of thiophene rings is 1. The van der Waals surface area contributed by atoms with Crippen LogP contribution in [0.1, 0.15) is 18.2 Å². The van der Waals surface area contributed by atoms with Crippen LogP contribution in [0.25, 0.3) is 0 Å². The minimum absolute atomic E-state index is 0.707. The monoisotopic (exact) mass is 359 g/mol. The third-order valence-electron chi connectivity index (χ3n) is 2.48. The Morgan fingerprint density at radius 2 is 2.21 bits per heavy atom. The number of nitrogens with one attached hydrogen (secondary N) is 1. The van der Waals surface area contributed by atoms with Gasteiger partial charge in [-0.05, 0) is 46.6 Å². The molecule has 0 saturated heterocycles. The Morgan fingerprint density at radius 1 is 1.37 bits per heavy atom. The molecule has 102 valence electrons. The first-order valence-electron chi connectivity index (χ1n) is 6.08. The second-order valence-corrected chi connectivity index (χ2v) is 6.42. The van der Waals surface area contributed by atoms with Gasteiger partial charge >= 0.3 is 0 Å². The van der Waals surface area contributed by atoms with E-state index in [1.807, 2.05) is 18.2 Å². The van der Waals surface area contributed by atoms with Gasteiger partial charge in [0.05, 0.1) is 12.3 Å². The molecular formula is C14H15BrClNOS. The Labute approximate surface area is 130 Å². The summed E-state index contributed by atoms with van der Waals surface area (Å²) in [6.07, 6.45) is 0.986. The maximum absolute atomic E-state index is 6.04. The highest BCUT2D eigenvalue weighted by molar-refractivity contribution is 9.10. The highest BCUT2D eigenvalue weighted by Gasteiger charge is 2.05. The lowest BCUT2D eigenvalue weighted by molar-refractivity contribution is 0.319. The molecule has 0 fully saturated rings. The summed E-state index contributed by atoms with van der Waals surface area (Å²) in [6.45, 7) is 3.56. The van der Waals surface area contributed by atoms with Crippen molar-refractivity contribution in [1.82, 2.24) is 0 Å². The average Bonchev–Trinajstić information content (AvgIpc) is 2.81. The molecule has 2 rings (SSSR count). The first-order valence-corrected chi connectivity index (χ1v) is 8.13. The van der Waals surface area contributed by atoms with Gasteiger partial charge in [-0.2, -0.15) is 0 Å². The standard InChI is InChI=1S/C14H15BrClNOS/c1-2-5-18-14-4-3-11(16)7-13(14)17-8-12-6-10(15)9-19-12/h3-4,6-7,9,17H,2,5,8H2,1H3. The minimum Gasteiger partial charge on any atom is -0.491 e. The summed E-state index contributed by atoms with van der Waals surface area (Å²) in [6, 6.07) is 7.76. The number of anilines is 1. The summed E-state index contributed by atoms with van der Waals surface area (Å²) in [5.74, 6) is 0.849. The van der Waals surface area contributed by atoms with Gasteiger partial charge in [-0.15, -0.1) is 11.3 Å². The van der Waals surface area contributed by atoms with Crippen LogP contribution in [0, 0.1) is 0 Å². The van der Waals surface area contributed by atoms with E-state index in [1.54, 1.807) is 11.3 Å². The second-order valence-electron chi connectivity index (χ2n) is 4.07. The lowest BCUT2D eigenvalue weighted by Gasteiger charge is -2.12. The van der Waals surface area contributed by atoms with Gasteiger partial charge in [0.1, 0.15) is 5.75 Å². The minimum atomic E-state index is 0.707. The first-order chi connectivity index (χ1) is 9.19. The maximum Gasteiger partial charge on any atom is 0.142 e. The molecule has 5 heteroatoms. The topological polar surface area (TPSA) is 21.3 Å². The molecule has 0 aliphatic rings. The van der Waals surface area contributed by atoms with E-state index in [4.69, 9.17) is 16.3 Å². The quantitative estimate of drug-likeness (QED) is 0.727. The summed E-state index contributed by atoms with van der Waals surface area (Å²) in [7, 11) is 0. The van der Waals surface area contributed by atoms with E-state index in [9.17, 15) is 0 Å². The molecule has 0 amide bonds. The van der Waals surface area contributed by atoms with Crippen LogP contribution in [0.2, 0.25) is 5.02 Å². The van der Waals surface area contributed by atoms with Gasteiger partial charge in [-0.3, -0.25) is 0 Å². The zero-order valence-electron chi connectivity index (χ0n) is 10.6. The molecule has 0 bridgehead atoms. The van der Waals surface area contributed by atoms with Crippen molar-refractivity contribution in [2.75, 3.05) is 11.9 Å². The van der Waals surface area contributed by atoms with Crippen LogP contribution in [0.15, 0.2) is 34.1 Å². The first kappa shape index (κ1) is 14.7. The van der Waals surface area contributed by atoms with Crippen molar-refractivity contribution in [3.63, 3.8) is 0 Å². The summed E-state index contributed by atoms with van der Waals surface area (Å²) in [4.78, 5) is 1.26. The molecule has 0 spiro atoms. The highest BCUT2D eigenvalue weighted by Crippen LogP contribution is 2.29. The molecule has 19 heavy (non-hydrogen) atoms. The summed E-state index contributed by atoms with van der Waals surface area (Å²) in [5.41, 5.74) is 0.936. The molecule has 0 saturated carbocycles. The fraction of sp³-hybridized carbons (Fsp3) is 0.286. The van der Waals surface area contributed by atoms with E-state index >= 15 is 0 Å². The lowest BCUT2D eigenvalue weighted by atomic mass is 10.3. The zero-order chi connectivity index (χ0) is 13.7. The van der Waals surface area contributed by atoms with Crippen LogP contribution in [0.5, 0.6) is 5.75 Å². The molecule has 1 heterocycles. The third-order valence-corrected chi connectivity index (χ3v) is 4.41. The summed E-state index contributed by atoms with van der Waals surface area (Å²) in [5, 5.41) is 6.15. The van der Waals surface area contributed by atoms with E-state index in [0.717, 1.165) is 28.9 Å². The van der Waals surface area contributed by atoms with Crippen LogP contribution < -0.4 is 10.1 Å². The van der Waals surface area contributed by atoms with Crippen LogP contribution in [0.4, 0.5) is 5.69 Å². The SMILES string of the molecule is CCCOc1ccc(Cl)cc1NCc1cc(Br)cs1. The number of rotatable bonds is 6. The van der Waals surface area contributed by atoms with Crippen molar-refractivity contribution in [3.05, 3.63) is 44.0 Å². The molecule has 1 N–H and O–H groups in total. The Kier molecular flexibility index (Phi) is 5.55. The molecule has 0 aliphatic carbocycles.